The van der Waals surface area contributed by atoms with Crippen LogP contribution in [-0.4, -0.2) is 76.1 Å². The predicted molar refractivity (Wildman–Crippen MR) is 150 cm³/mol. The van der Waals surface area contributed by atoms with E-state index in [2.05, 4.69) is 54.6 Å². The Balaban J connectivity index is 1.46. The number of aryl methyl sites for hydroxylation is 1. The van der Waals surface area contributed by atoms with Gasteiger partial charge in [-0.2, -0.15) is 9.36 Å². The van der Waals surface area contributed by atoms with Gasteiger partial charge in [-0.05, 0) is 76.4 Å². The number of fused-ring (bicyclic) bond motifs is 1. The van der Waals surface area contributed by atoms with E-state index < -0.39 is 17.1 Å². The van der Waals surface area contributed by atoms with E-state index in [4.69, 9.17) is 11.3 Å². The van der Waals surface area contributed by atoms with Gasteiger partial charge in [0.15, 0.2) is 5.82 Å². The Morgan fingerprint density at radius 1 is 1.32 bits per heavy atom. The number of piperidine rings is 1. The monoisotopic (exact) mass is 566 g/mol. The normalized spacial score (nSPS) is 20.3. The molecule has 0 radical (unpaired) electrons. The number of hydrogen-bond donors (Lipinski definition) is 3. The molecule has 0 unspecified atom stereocenters. The lowest BCUT2D eigenvalue weighted by atomic mass is 9.84. The van der Waals surface area contributed by atoms with E-state index in [1.165, 1.54) is 25.7 Å². The van der Waals surface area contributed by atoms with Crippen LogP contribution in [0, 0.1) is 12.4 Å². The number of aliphatic hydroxyl groups excluding tert-OH is 1. The van der Waals surface area contributed by atoms with Crippen molar-refractivity contribution < 1.29 is 14.2 Å². The molecular weight excluding hydrogens is 531 g/mol. The quantitative estimate of drug-likeness (QED) is 0.349. The molecule has 0 saturated carbocycles. The number of tetrazole rings is 1. The summed E-state index contributed by atoms with van der Waals surface area (Å²) in [6, 6.07) is 3.04. The van der Waals surface area contributed by atoms with E-state index >= 15 is 4.39 Å². The molecule has 0 amide bonds. The molecule has 0 aliphatic carbocycles. The van der Waals surface area contributed by atoms with Crippen LogP contribution in [0.3, 0.4) is 0 Å². The van der Waals surface area contributed by atoms with Crippen LogP contribution in [0.1, 0.15) is 53.4 Å². The first-order valence-corrected chi connectivity index (χ1v) is 13.6. The van der Waals surface area contributed by atoms with Gasteiger partial charge in [0, 0.05) is 36.9 Å². The highest BCUT2D eigenvalue weighted by atomic mass is 19.1. The molecule has 0 spiro atoms. The largest absolute Gasteiger partial charge is 0.483 e. The summed E-state index contributed by atoms with van der Waals surface area (Å²) in [5.74, 6) is -0.280. The molecule has 3 N–H and O–H groups in total. The molecule has 2 fully saturated rings. The first-order chi connectivity index (χ1) is 19.4. The Labute approximate surface area is 237 Å². The second-order valence-electron chi connectivity index (χ2n) is 11.9. The van der Waals surface area contributed by atoms with E-state index in [1.54, 1.807) is 13.8 Å². The zero-order valence-corrected chi connectivity index (χ0v) is 23.8. The summed E-state index contributed by atoms with van der Waals surface area (Å²) in [6.45, 7) is 16.1. The van der Waals surface area contributed by atoms with Crippen molar-refractivity contribution in [1.82, 2.24) is 34.7 Å². The van der Waals surface area contributed by atoms with Crippen molar-refractivity contribution in [2.24, 2.45) is 7.05 Å². The number of aliphatic hydroxyl groups is 1. The number of nitrogens with zero attached hydrogens (tertiary/aromatic N) is 8. The molecule has 14 heteroatoms. The standard InChI is InChI=1S/C27H35FN10O3/c1-26(2)13-16(10-17-8-7-9-37(17)26)31-23-20(29-5)14-30-24(33-23)32-19-12-21(38-25(40)36(6)34-35-38)22(11-18(19)28)41-27(3,4)15-39/h11-12,14,16-17,39H,7-10,13,15H2,1-4,6H3,(H2,30,31,32,33)/t16-,17+/m1/s1. The van der Waals surface area contributed by atoms with Gasteiger partial charge in [-0.1, -0.05) is 0 Å². The molecule has 41 heavy (non-hydrogen) atoms. The Morgan fingerprint density at radius 2 is 2.10 bits per heavy atom. The molecule has 2 aliphatic rings. The molecule has 2 aliphatic heterocycles. The molecular formula is C27H35FN10O3. The van der Waals surface area contributed by atoms with Crippen molar-refractivity contribution in [3.05, 3.63) is 46.0 Å². The van der Waals surface area contributed by atoms with E-state index in [9.17, 15) is 9.90 Å². The molecule has 2 aromatic heterocycles. The van der Waals surface area contributed by atoms with Crippen molar-refractivity contribution in [3.63, 3.8) is 0 Å². The Bertz CT molecular complexity index is 1540. The third-order valence-electron chi connectivity index (χ3n) is 7.70. The van der Waals surface area contributed by atoms with Gasteiger partial charge in [-0.3, -0.25) is 4.90 Å². The van der Waals surface area contributed by atoms with Crippen molar-refractivity contribution in [1.29, 1.82) is 0 Å². The molecule has 1 aromatic carbocycles. The first kappa shape index (κ1) is 28.4. The van der Waals surface area contributed by atoms with Crippen LogP contribution in [-0.2, 0) is 7.05 Å². The lowest BCUT2D eigenvalue weighted by Crippen LogP contribution is -2.55. The molecule has 2 saturated heterocycles. The van der Waals surface area contributed by atoms with Crippen LogP contribution in [0.5, 0.6) is 5.75 Å². The van der Waals surface area contributed by atoms with E-state index in [1.807, 2.05) is 0 Å². The highest BCUT2D eigenvalue weighted by molar-refractivity contribution is 5.69. The van der Waals surface area contributed by atoms with Crippen molar-refractivity contribution >= 4 is 23.1 Å². The van der Waals surface area contributed by atoms with Crippen molar-refractivity contribution in [2.75, 3.05) is 23.8 Å². The number of aromatic nitrogens is 6. The van der Waals surface area contributed by atoms with Crippen molar-refractivity contribution in [3.8, 4) is 11.4 Å². The minimum atomic E-state index is -1.07. The predicted octanol–water partition coefficient (Wildman–Crippen LogP) is 3.16. The molecule has 4 heterocycles. The van der Waals surface area contributed by atoms with E-state index in [-0.39, 0.29) is 46.9 Å². The minimum absolute atomic E-state index is 0.0119. The van der Waals surface area contributed by atoms with Gasteiger partial charge in [0.25, 0.3) is 0 Å². The summed E-state index contributed by atoms with van der Waals surface area (Å²) < 4.78 is 23.2. The second kappa shape index (κ2) is 10.7. The summed E-state index contributed by atoms with van der Waals surface area (Å²) in [6.07, 6.45) is 5.58. The number of benzene rings is 1. The number of nitrogens with one attached hydrogen (secondary N) is 2. The van der Waals surface area contributed by atoms with Gasteiger partial charge in [0.2, 0.25) is 11.6 Å². The maximum atomic E-state index is 15.4. The van der Waals surface area contributed by atoms with Crippen LogP contribution in [0.25, 0.3) is 10.5 Å². The lowest BCUT2D eigenvalue weighted by Gasteiger charge is -2.48. The van der Waals surface area contributed by atoms with Gasteiger partial charge >= 0.3 is 5.69 Å². The third-order valence-corrected chi connectivity index (χ3v) is 7.70. The van der Waals surface area contributed by atoms with Crippen molar-refractivity contribution in [2.45, 2.75) is 76.6 Å². The van der Waals surface area contributed by atoms with Crippen LogP contribution in [0.15, 0.2) is 23.1 Å². The molecule has 5 rings (SSSR count). The molecule has 13 nitrogen and oxygen atoms in total. The molecule has 0 bridgehead atoms. The summed E-state index contributed by atoms with van der Waals surface area (Å²) in [5.41, 5.74) is -1.29. The highest BCUT2D eigenvalue weighted by Crippen LogP contribution is 2.39. The number of anilines is 3. The molecule has 2 atom stereocenters. The Morgan fingerprint density at radius 3 is 2.78 bits per heavy atom. The number of hydrogen-bond acceptors (Lipinski definition) is 10. The maximum Gasteiger partial charge on any atom is 0.368 e. The average molecular weight is 567 g/mol. The average Bonchev–Trinajstić information content (AvgIpc) is 3.52. The SMILES string of the molecule is [C-]#[N+]c1cnc(Nc2cc(-n3nnn(C)c3=O)c(OC(C)(C)CO)cc2F)nc1N[C@@H]1C[C@@H]2CCCN2C(C)(C)C1. The molecule has 3 aromatic rings. The smallest absolute Gasteiger partial charge is 0.368 e. The summed E-state index contributed by atoms with van der Waals surface area (Å²) in [7, 11) is 1.44. The first-order valence-electron chi connectivity index (χ1n) is 13.6. The molecule has 218 valence electrons. The fourth-order valence-corrected chi connectivity index (χ4v) is 5.74. The fraction of sp³-hybridized carbons (Fsp3) is 0.556. The summed E-state index contributed by atoms with van der Waals surface area (Å²) in [4.78, 5) is 27.6. The summed E-state index contributed by atoms with van der Waals surface area (Å²) in [5, 5.41) is 23.6. The number of ether oxygens (including phenoxy) is 1. The third kappa shape index (κ3) is 5.73. The van der Waals surface area contributed by atoms with Gasteiger partial charge in [-0.25, -0.2) is 24.0 Å². The Kier molecular flexibility index (Phi) is 7.43. The van der Waals surface area contributed by atoms with Gasteiger partial charge in [-0.15, -0.1) is 0 Å². The van der Waals surface area contributed by atoms with E-state index in [0.29, 0.717) is 11.9 Å². The lowest BCUT2D eigenvalue weighted by molar-refractivity contribution is 0.0408. The zero-order valence-electron chi connectivity index (χ0n) is 23.8. The number of rotatable bonds is 8. The van der Waals surface area contributed by atoms with Crippen LogP contribution in [0.2, 0.25) is 0 Å². The topological polar surface area (TPSA) is 140 Å². The fourth-order valence-electron chi connectivity index (χ4n) is 5.74. The number of halogens is 1. The van der Waals surface area contributed by atoms with Gasteiger partial charge in [0.05, 0.1) is 18.9 Å². The summed E-state index contributed by atoms with van der Waals surface area (Å²) >= 11 is 0. The Hall–Kier alpha value is -4.09. The van der Waals surface area contributed by atoms with E-state index in [0.717, 1.165) is 41.2 Å². The van der Waals surface area contributed by atoms with Gasteiger partial charge in [0.1, 0.15) is 22.9 Å². The van der Waals surface area contributed by atoms with Gasteiger partial charge < -0.3 is 20.5 Å². The van der Waals surface area contributed by atoms with Crippen LogP contribution >= 0.6 is 0 Å². The van der Waals surface area contributed by atoms with Crippen LogP contribution < -0.4 is 21.1 Å². The zero-order chi connectivity index (χ0) is 29.5. The second-order valence-corrected chi connectivity index (χ2v) is 11.9. The maximum absolute atomic E-state index is 15.4. The van der Waals surface area contributed by atoms with Crippen LogP contribution in [0.4, 0.5) is 27.5 Å². The highest BCUT2D eigenvalue weighted by Gasteiger charge is 2.43. The minimum Gasteiger partial charge on any atom is -0.483 e.